The molecule has 106 valence electrons. The first-order chi connectivity index (χ1) is 9.69. The summed E-state index contributed by atoms with van der Waals surface area (Å²) in [5, 5.41) is 12.3. The van der Waals surface area contributed by atoms with Crippen LogP contribution in [0.25, 0.3) is 11.3 Å². The van der Waals surface area contributed by atoms with Gasteiger partial charge < -0.3 is 15.0 Å². The number of carbonyl (C=O) groups is 1. The number of carbonyl (C=O) groups excluding carboxylic acids is 1. The molecule has 0 spiro atoms. The molecule has 20 heavy (non-hydrogen) atoms. The smallest absolute Gasteiger partial charge is 0.270 e. The van der Waals surface area contributed by atoms with Crippen molar-refractivity contribution in [1.82, 2.24) is 14.9 Å². The van der Waals surface area contributed by atoms with Crippen LogP contribution >= 0.6 is 11.3 Å². The van der Waals surface area contributed by atoms with Gasteiger partial charge in [0.15, 0.2) is 0 Å². The van der Waals surface area contributed by atoms with E-state index in [0.29, 0.717) is 12.2 Å². The van der Waals surface area contributed by atoms with Gasteiger partial charge in [0.05, 0.1) is 23.4 Å². The van der Waals surface area contributed by atoms with E-state index in [9.17, 15) is 9.90 Å². The quantitative estimate of drug-likeness (QED) is 0.909. The molecular weight excluding hydrogens is 274 g/mol. The van der Waals surface area contributed by atoms with Gasteiger partial charge in [0, 0.05) is 23.7 Å². The van der Waals surface area contributed by atoms with Crippen LogP contribution in [0.2, 0.25) is 0 Å². The summed E-state index contributed by atoms with van der Waals surface area (Å²) in [6.07, 6.45) is 3.64. The molecule has 2 N–H and O–H groups in total. The maximum atomic E-state index is 12.4. The number of amides is 1. The first-order valence-corrected chi connectivity index (χ1v) is 7.59. The molecule has 2 aromatic rings. The molecule has 0 aliphatic carbocycles. The molecule has 0 aromatic carbocycles. The van der Waals surface area contributed by atoms with Crippen LogP contribution in [0.15, 0.2) is 17.6 Å². The van der Waals surface area contributed by atoms with Crippen molar-refractivity contribution in [2.24, 2.45) is 0 Å². The fraction of sp³-hybridized carbons (Fsp3) is 0.429. The molecule has 6 heteroatoms. The number of aryl methyl sites for hydroxylation is 1. The van der Waals surface area contributed by atoms with Gasteiger partial charge in [-0.1, -0.05) is 0 Å². The highest BCUT2D eigenvalue weighted by atomic mass is 32.1. The molecule has 0 radical (unpaired) electrons. The average Bonchev–Trinajstić information content (AvgIpc) is 3.17. The zero-order chi connectivity index (χ0) is 14.1. The predicted octanol–water partition coefficient (Wildman–Crippen LogP) is 2.04. The van der Waals surface area contributed by atoms with E-state index in [1.165, 1.54) is 0 Å². The Morgan fingerprint density at radius 3 is 3.20 bits per heavy atom. The number of aromatic amines is 1. The Hall–Kier alpha value is -1.66. The molecule has 1 aliphatic rings. The topological polar surface area (TPSA) is 69.2 Å². The van der Waals surface area contributed by atoms with Gasteiger partial charge in [-0.15, -0.1) is 11.3 Å². The minimum atomic E-state index is -0.0456. The Balaban J connectivity index is 1.81. The first kappa shape index (κ1) is 13.3. The summed E-state index contributed by atoms with van der Waals surface area (Å²) in [7, 11) is 0. The van der Waals surface area contributed by atoms with Crippen molar-refractivity contribution in [3.63, 3.8) is 0 Å². The van der Waals surface area contributed by atoms with E-state index >= 15 is 0 Å². The molecule has 0 bridgehead atoms. The summed E-state index contributed by atoms with van der Waals surface area (Å²) in [4.78, 5) is 21.6. The number of likely N-dealkylation sites (tertiary alicyclic amines) is 1. The number of thiazole rings is 1. The van der Waals surface area contributed by atoms with Crippen molar-refractivity contribution in [3.05, 3.63) is 28.3 Å². The molecule has 5 nitrogen and oxygen atoms in total. The zero-order valence-electron chi connectivity index (χ0n) is 11.3. The van der Waals surface area contributed by atoms with Crippen molar-refractivity contribution in [1.29, 1.82) is 0 Å². The fourth-order valence-electron chi connectivity index (χ4n) is 2.61. The molecule has 3 rings (SSSR count). The van der Waals surface area contributed by atoms with E-state index < -0.39 is 0 Å². The maximum absolute atomic E-state index is 12.4. The number of hydrogen-bond donors (Lipinski definition) is 2. The van der Waals surface area contributed by atoms with E-state index in [-0.39, 0.29) is 18.6 Å². The highest BCUT2D eigenvalue weighted by molar-refractivity contribution is 7.09. The minimum Gasteiger partial charge on any atom is -0.394 e. The Bertz CT molecular complexity index is 619. The van der Waals surface area contributed by atoms with Crippen molar-refractivity contribution >= 4 is 17.2 Å². The molecule has 1 saturated heterocycles. The highest BCUT2D eigenvalue weighted by Gasteiger charge is 2.29. The molecule has 2 aromatic heterocycles. The first-order valence-electron chi connectivity index (χ1n) is 6.72. The third-order valence-electron chi connectivity index (χ3n) is 3.68. The van der Waals surface area contributed by atoms with Crippen LogP contribution in [0.3, 0.4) is 0 Å². The molecule has 3 heterocycles. The largest absolute Gasteiger partial charge is 0.394 e. The average molecular weight is 291 g/mol. The number of aliphatic hydroxyl groups excluding tert-OH is 1. The van der Waals surface area contributed by atoms with Gasteiger partial charge in [0.1, 0.15) is 5.69 Å². The molecule has 1 aliphatic heterocycles. The van der Waals surface area contributed by atoms with Crippen LogP contribution in [-0.4, -0.2) is 45.1 Å². The number of aliphatic hydroxyl groups is 1. The Labute approximate surface area is 121 Å². The number of nitrogens with zero attached hydrogens (tertiary/aromatic N) is 2. The van der Waals surface area contributed by atoms with Crippen LogP contribution in [0.5, 0.6) is 0 Å². The highest BCUT2D eigenvalue weighted by Crippen LogP contribution is 2.24. The second kappa shape index (κ2) is 5.38. The Morgan fingerprint density at radius 1 is 1.65 bits per heavy atom. The fourth-order valence-corrected chi connectivity index (χ4v) is 3.23. The van der Waals surface area contributed by atoms with Gasteiger partial charge in [0.25, 0.3) is 5.91 Å². The Morgan fingerprint density at radius 2 is 2.50 bits per heavy atom. The summed E-state index contributed by atoms with van der Waals surface area (Å²) in [6, 6.07) is 1.79. The van der Waals surface area contributed by atoms with Crippen LogP contribution in [0, 0.1) is 6.92 Å². The van der Waals surface area contributed by atoms with Crippen molar-refractivity contribution in [2.45, 2.75) is 25.8 Å². The lowest BCUT2D eigenvalue weighted by atomic mass is 10.2. The SMILES string of the molecule is Cc1nc(-c2c[nH]c(C(=O)N3CCC[C@@H]3CO)c2)cs1. The minimum absolute atomic E-state index is 0.0323. The van der Waals surface area contributed by atoms with Crippen LogP contribution in [-0.2, 0) is 0 Å². The number of nitrogens with one attached hydrogen (secondary N) is 1. The van der Waals surface area contributed by atoms with Gasteiger partial charge in [-0.05, 0) is 25.8 Å². The predicted molar refractivity (Wildman–Crippen MR) is 77.8 cm³/mol. The molecule has 0 unspecified atom stereocenters. The van der Waals surface area contributed by atoms with Gasteiger partial charge >= 0.3 is 0 Å². The number of rotatable bonds is 3. The second-order valence-corrected chi connectivity index (χ2v) is 6.09. The van der Waals surface area contributed by atoms with E-state index in [1.54, 1.807) is 16.2 Å². The van der Waals surface area contributed by atoms with Crippen molar-refractivity contribution < 1.29 is 9.90 Å². The molecule has 1 amide bonds. The van der Waals surface area contributed by atoms with Crippen molar-refractivity contribution in [2.75, 3.05) is 13.2 Å². The summed E-state index contributed by atoms with van der Waals surface area (Å²) < 4.78 is 0. The van der Waals surface area contributed by atoms with Gasteiger partial charge in [0.2, 0.25) is 0 Å². The molecule has 0 saturated carbocycles. The monoisotopic (exact) mass is 291 g/mol. The van der Waals surface area contributed by atoms with E-state index in [4.69, 9.17) is 0 Å². The Kier molecular flexibility index (Phi) is 3.58. The molecular formula is C14H17N3O2S. The summed E-state index contributed by atoms with van der Waals surface area (Å²) in [6.45, 7) is 2.71. The number of hydrogen-bond acceptors (Lipinski definition) is 4. The van der Waals surface area contributed by atoms with Crippen LogP contribution < -0.4 is 0 Å². The van der Waals surface area contributed by atoms with Gasteiger partial charge in [-0.25, -0.2) is 4.98 Å². The third-order valence-corrected chi connectivity index (χ3v) is 4.45. The number of H-pyrrole nitrogens is 1. The van der Waals surface area contributed by atoms with E-state index in [0.717, 1.165) is 29.1 Å². The van der Waals surface area contributed by atoms with Gasteiger partial charge in [-0.2, -0.15) is 0 Å². The van der Waals surface area contributed by atoms with Crippen LogP contribution in [0.1, 0.15) is 28.3 Å². The molecule has 1 fully saturated rings. The zero-order valence-corrected chi connectivity index (χ0v) is 12.1. The maximum Gasteiger partial charge on any atom is 0.270 e. The van der Waals surface area contributed by atoms with E-state index in [2.05, 4.69) is 9.97 Å². The van der Waals surface area contributed by atoms with Crippen LogP contribution in [0.4, 0.5) is 0 Å². The lowest BCUT2D eigenvalue weighted by molar-refractivity contribution is 0.0672. The van der Waals surface area contributed by atoms with Gasteiger partial charge in [-0.3, -0.25) is 4.79 Å². The number of aromatic nitrogens is 2. The summed E-state index contributed by atoms with van der Waals surface area (Å²) >= 11 is 1.59. The lowest BCUT2D eigenvalue weighted by Crippen LogP contribution is -2.37. The third kappa shape index (κ3) is 2.36. The molecule has 1 atom stereocenters. The second-order valence-electron chi connectivity index (χ2n) is 5.03. The normalized spacial score (nSPS) is 18.7. The van der Waals surface area contributed by atoms with E-state index in [1.807, 2.05) is 24.6 Å². The standard InChI is InChI=1S/C14H17N3O2S/c1-9-16-13(8-20-9)10-5-12(15-6-10)14(19)17-4-2-3-11(17)7-18/h5-6,8,11,15,18H,2-4,7H2,1H3/t11-/m1/s1. The summed E-state index contributed by atoms with van der Waals surface area (Å²) in [5.74, 6) is -0.0419. The lowest BCUT2D eigenvalue weighted by Gasteiger charge is -2.22. The van der Waals surface area contributed by atoms with Crippen molar-refractivity contribution in [3.8, 4) is 11.3 Å². The summed E-state index contributed by atoms with van der Waals surface area (Å²) in [5.41, 5.74) is 2.38.